The Hall–Kier alpha value is -3.03. The first kappa shape index (κ1) is 19.3. The molecule has 0 aromatic heterocycles. The molecule has 0 spiro atoms. The molecule has 0 radical (unpaired) electrons. The van der Waals surface area contributed by atoms with Gasteiger partial charge in [0.05, 0.1) is 5.56 Å². The van der Waals surface area contributed by atoms with Gasteiger partial charge >= 0.3 is 0 Å². The number of hydrogen-bond acceptors (Lipinski definition) is 4. The van der Waals surface area contributed by atoms with Gasteiger partial charge in [0.15, 0.2) is 6.17 Å². The van der Waals surface area contributed by atoms with E-state index in [-0.39, 0.29) is 5.75 Å². The Bertz CT molecular complexity index is 1100. The molecule has 1 aliphatic rings. The van der Waals surface area contributed by atoms with Crippen LogP contribution in [0.4, 0.5) is 5.69 Å². The SMILES string of the molecule is O=C(NN1C(=O)c2cc(Br)ccc2N[C@@H]1c1ccccc1O)c1ccc(Cl)cc1. The lowest BCUT2D eigenvalue weighted by molar-refractivity contribution is 0.0488. The van der Waals surface area contributed by atoms with E-state index in [2.05, 4.69) is 26.7 Å². The van der Waals surface area contributed by atoms with Gasteiger partial charge in [0.1, 0.15) is 5.75 Å². The zero-order valence-electron chi connectivity index (χ0n) is 14.9. The van der Waals surface area contributed by atoms with Gasteiger partial charge in [-0.15, -0.1) is 0 Å². The molecule has 0 aliphatic carbocycles. The van der Waals surface area contributed by atoms with Gasteiger partial charge in [-0.1, -0.05) is 45.7 Å². The fourth-order valence-corrected chi connectivity index (χ4v) is 3.59. The summed E-state index contributed by atoms with van der Waals surface area (Å²) >= 11 is 9.25. The second-order valence-electron chi connectivity index (χ2n) is 6.42. The summed E-state index contributed by atoms with van der Waals surface area (Å²) in [5.74, 6) is -0.879. The zero-order valence-corrected chi connectivity index (χ0v) is 17.2. The molecule has 1 heterocycles. The Balaban J connectivity index is 1.74. The number of hydrogen-bond donors (Lipinski definition) is 3. The van der Waals surface area contributed by atoms with Crippen LogP contribution in [0.1, 0.15) is 32.4 Å². The van der Waals surface area contributed by atoms with E-state index in [4.69, 9.17) is 11.6 Å². The third-order valence-electron chi connectivity index (χ3n) is 4.54. The van der Waals surface area contributed by atoms with Crippen LogP contribution in [-0.2, 0) is 0 Å². The molecule has 0 saturated carbocycles. The molecule has 3 N–H and O–H groups in total. The fourth-order valence-electron chi connectivity index (χ4n) is 3.10. The number of anilines is 1. The van der Waals surface area contributed by atoms with Gasteiger partial charge in [0.2, 0.25) is 0 Å². The highest BCUT2D eigenvalue weighted by Gasteiger charge is 2.35. The minimum atomic E-state index is -0.798. The first-order valence-electron chi connectivity index (χ1n) is 8.68. The van der Waals surface area contributed by atoms with Crippen LogP contribution in [0.15, 0.2) is 71.2 Å². The van der Waals surface area contributed by atoms with Crippen molar-refractivity contribution >= 4 is 45.0 Å². The van der Waals surface area contributed by atoms with Gasteiger partial charge in [-0.3, -0.25) is 15.0 Å². The first-order valence-corrected chi connectivity index (χ1v) is 9.85. The number of hydrazine groups is 1. The van der Waals surface area contributed by atoms with E-state index in [9.17, 15) is 14.7 Å². The van der Waals surface area contributed by atoms with E-state index < -0.39 is 18.0 Å². The maximum Gasteiger partial charge on any atom is 0.276 e. The van der Waals surface area contributed by atoms with Crippen LogP contribution >= 0.6 is 27.5 Å². The predicted molar refractivity (Wildman–Crippen MR) is 114 cm³/mol. The van der Waals surface area contributed by atoms with Crippen molar-refractivity contribution in [1.29, 1.82) is 0 Å². The summed E-state index contributed by atoms with van der Waals surface area (Å²) < 4.78 is 0.733. The van der Waals surface area contributed by atoms with Gasteiger partial charge in [0.25, 0.3) is 11.8 Å². The van der Waals surface area contributed by atoms with Crippen molar-refractivity contribution < 1.29 is 14.7 Å². The van der Waals surface area contributed by atoms with E-state index in [1.54, 1.807) is 54.6 Å². The maximum atomic E-state index is 13.2. The number of carbonyl (C=O) groups is 2. The Morgan fingerprint density at radius 2 is 1.83 bits per heavy atom. The van der Waals surface area contributed by atoms with Gasteiger partial charge < -0.3 is 10.4 Å². The highest BCUT2D eigenvalue weighted by Crippen LogP contribution is 2.36. The molecule has 1 aliphatic heterocycles. The third-order valence-corrected chi connectivity index (χ3v) is 5.29. The van der Waals surface area contributed by atoms with Gasteiger partial charge in [0, 0.05) is 26.3 Å². The lowest BCUT2D eigenvalue weighted by Gasteiger charge is -2.38. The van der Waals surface area contributed by atoms with Crippen molar-refractivity contribution in [3.05, 3.63) is 92.9 Å². The summed E-state index contributed by atoms with van der Waals surface area (Å²) in [7, 11) is 0. The average Bonchev–Trinajstić information content (AvgIpc) is 2.71. The number of phenols is 1. The van der Waals surface area contributed by atoms with Crippen LogP contribution in [0.3, 0.4) is 0 Å². The topological polar surface area (TPSA) is 81.7 Å². The largest absolute Gasteiger partial charge is 0.508 e. The van der Waals surface area contributed by atoms with Crippen molar-refractivity contribution in [2.75, 3.05) is 5.32 Å². The highest BCUT2D eigenvalue weighted by atomic mass is 79.9. The normalized spacial score (nSPS) is 15.4. The number of carbonyl (C=O) groups excluding carboxylic acids is 2. The number of para-hydroxylation sites is 1. The van der Waals surface area contributed by atoms with Crippen molar-refractivity contribution in [1.82, 2.24) is 10.4 Å². The van der Waals surface area contributed by atoms with Crippen LogP contribution < -0.4 is 10.7 Å². The summed E-state index contributed by atoms with van der Waals surface area (Å²) in [5, 5.41) is 15.2. The van der Waals surface area contributed by atoms with E-state index >= 15 is 0 Å². The van der Waals surface area contributed by atoms with Crippen LogP contribution in [0.2, 0.25) is 5.02 Å². The standard InChI is InChI=1S/C21H15BrClN3O3/c22-13-7-10-17-16(11-13)21(29)26(19(24-17)15-3-1-2-4-18(15)27)25-20(28)12-5-8-14(23)9-6-12/h1-11,19,24,27H,(H,25,28)/t19-/m0/s1. The summed E-state index contributed by atoms with van der Waals surface area (Å²) in [6.45, 7) is 0. The quantitative estimate of drug-likeness (QED) is 0.515. The summed E-state index contributed by atoms with van der Waals surface area (Å²) in [4.78, 5) is 26.0. The number of fused-ring (bicyclic) bond motifs is 1. The molecule has 4 rings (SSSR count). The number of phenolic OH excluding ortho intramolecular Hbond substituents is 1. The van der Waals surface area contributed by atoms with Gasteiger partial charge in [-0.05, 0) is 48.5 Å². The third kappa shape index (κ3) is 3.79. The molecule has 3 aromatic rings. The van der Waals surface area contributed by atoms with Crippen LogP contribution in [-0.4, -0.2) is 21.9 Å². The fraction of sp³-hybridized carbons (Fsp3) is 0.0476. The Labute approximate surface area is 180 Å². The average molecular weight is 473 g/mol. The molecule has 0 fully saturated rings. The molecule has 146 valence electrons. The van der Waals surface area contributed by atoms with Crippen LogP contribution in [0.5, 0.6) is 5.75 Å². The van der Waals surface area contributed by atoms with E-state index in [1.807, 2.05) is 6.07 Å². The lowest BCUT2D eigenvalue weighted by atomic mass is 10.0. The smallest absolute Gasteiger partial charge is 0.276 e. The van der Waals surface area contributed by atoms with Crippen molar-refractivity contribution in [2.24, 2.45) is 0 Å². The number of amides is 2. The Kier molecular flexibility index (Phi) is 5.17. The number of nitrogens with one attached hydrogen (secondary N) is 2. The van der Waals surface area contributed by atoms with Crippen molar-refractivity contribution in [3.8, 4) is 5.75 Å². The number of halogens is 2. The minimum absolute atomic E-state index is 0.00380. The van der Waals surface area contributed by atoms with Crippen LogP contribution in [0, 0.1) is 0 Å². The van der Waals surface area contributed by atoms with E-state index in [0.717, 1.165) is 4.47 Å². The zero-order chi connectivity index (χ0) is 20.5. The molecular formula is C21H15BrClN3O3. The van der Waals surface area contributed by atoms with Crippen LogP contribution in [0.25, 0.3) is 0 Å². The Morgan fingerprint density at radius 1 is 1.10 bits per heavy atom. The molecule has 8 heteroatoms. The molecule has 0 unspecified atom stereocenters. The highest BCUT2D eigenvalue weighted by molar-refractivity contribution is 9.10. The molecule has 6 nitrogen and oxygen atoms in total. The summed E-state index contributed by atoms with van der Waals surface area (Å²) in [6.07, 6.45) is -0.798. The predicted octanol–water partition coefficient (Wildman–Crippen LogP) is 4.72. The van der Waals surface area contributed by atoms with E-state index in [1.165, 1.54) is 11.1 Å². The van der Waals surface area contributed by atoms with Crippen molar-refractivity contribution in [2.45, 2.75) is 6.17 Å². The number of nitrogens with zero attached hydrogens (tertiary/aromatic N) is 1. The second-order valence-corrected chi connectivity index (χ2v) is 7.77. The molecule has 3 aromatic carbocycles. The summed E-state index contributed by atoms with van der Waals surface area (Å²) in [6, 6.07) is 18.2. The number of aromatic hydroxyl groups is 1. The molecule has 2 amide bonds. The second kappa shape index (κ2) is 7.77. The molecule has 0 saturated heterocycles. The van der Waals surface area contributed by atoms with Gasteiger partial charge in [-0.25, -0.2) is 5.01 Å². The molecule has 29 heavy (non-hydrogen) atoms. The number of rotatable bonds is 3. The van der Waals surface area contributed by atoms with Gasteiger partial charge in [-0.2, -0.15) is 0 Å². The molecule has 0 bridgehead atoms. The lowest BCUT2D eigenvalue weighted by Crippen LogP contribution is -2.52. The number of benzene rings is 3. The minimum Gasteiger partial charge on any atom is -0.508 e. The summed E-state index contributed by atoms with van der Waals surface area (Å²) in [5.41, 5.74) is 4.44. The van der Waals surface area contributed by atoms with Crippen molar-refractivity contribution in [3.63, 3.8) is 0 Å². The first-order chi connectivity index (χ1) is 13.9. The molecular weight excluding hydrogens is 458 g/mol. The Morgan fingerprint density at radius 3 is 2.55 bits per heavy atom. The van der Waals surface area contributed by atoms with E-state index in [0.29, 0.717) is 27.4 Å². The molecule has 1 atom stereocenters. The monoisotopic (exact) mass is 471 g/mol. The maximum absolute atomic E-state index is 13.2.